The van der Waals surface area contributed by atoms with Gasteiger partial charge in [0, 0.05) is 6.42 Å². The molecule has 0 N–H and O–H groups in total. The number of fused-ring (bicyclic) bond motifs is 2. The first-order valence-corrected chi connectivity index (χ1v) is 5.74. The highest BCUT2D eigenvalue weighted by Gasteiger charge is 2.33. The van der Waals surface area contributed by atoms with Crippen LogP contribution in [0.5, 0.6) is 0 Å². The Balaban J connectivity index is 2.29. The summed E-state index contributed by atoms with van der Waals surface area (Å²) >= 11 is 0. The quantitative estimate of drug-likeness (QED) is 0.432. The zero-order chi connectivity index (χ0) is 12.7. The first-order chi connectivity index (χ1) is 8.70. The summed E-state index contributed by atoms with van der Waals surface area (Å²) in [6, 6.07) is 11.4. The van der Waals surface area contributed by atoms with Gasteiger partial charge in [-0.1, -0.05) is 30.3 Å². The summed E-state index contributed by atoms with van der Waals surface area (Å²) < 4.78 is 0. The van der Waals surface area contributed by atoms with E-state index in [2.05, 4.69) is 0 Å². The molecule has 1 aliphatic rings. The van der Waals surface area contributed by atoms with Crippen molar-refractivity contribution in [3.8, 4) is 0 Å². The minimum atomic E-state index is -0.925. The molecule has 18 heavy (non-hydrogen) atoms. The van der Waals surface area contributed by atoms with Crippen LogP contribution >= 0.6 is 0 Å². The van der Waals surface area contributed by atoms with Crippen LogP contribution in [0, 0.1) is 0 Å². The van der Waals surface area contributed by atoms with Gasteiger partial charge in [0.25, 0.3) is 0 Å². The van der Waals surface area contributed by atoms with Gasteiger partial charge in [-0.3, -0.25) is 9.59 Å². The third-order valence-electron chi connectivity index (χ3n) is 3.39. The lowest BCUT2D eigenvalue weighted by Gasteiger charge is -2.20. The van der Waals surface area contributed by atoms with E-state index < -0.39 is 17.5 Å². The molecule has 2 aromatic carbocycles. The summed E-state index contributed by atoms with van der Waals surface area (Å²) in [4.78, 5) is 34.3. The van der Waals surface area contributed by atoms with E-state index in [-0.39, 0.29) is 6.42 Å². The number of benzene rings is 2. The van der Waals surface area contributed by atoms with Crippen molar-refractivity contribution < 1.29 is 14.4 Å². The van der Waals surface area contributed by atoms with E-state index in [1.807, 2.05) is 36.4 Å². The maximum absolute atomic E-state index is 11.7. The molecule has 88 valence electrons. The van der Waals surface area contributed by atoms with Gasteiger partial charge in [0.05, 0.1) is 0 Å². The fourth-order valence-electron chi connectivity index (χ4n) is 2.46. The highest BCUT2D eigenvalue weighted by atomic mass is 16.2. The molecule has 0 aliphatic heterocycles. The molecule has 0 radical (unpaired) electrons. The maximum Gasteiger partial charge on any atom is 0.213 e. The monoisotopic (exact) mass is 238 g/mol. The third kappa shape index (κ3) is 1.48. The van der Waals surface area contributed by atoms with Crippen LogP contribution in [-0.4, -0.2) is 17.9 Å². The maximum atomic E-state index is 11.7. The van der Waals surface area contributed by atoms with E-state index in [1.54, 1.807) is 0 Å². The summed E-state index contributed by atoms with van der Waals surface area (Å²) in [5, 5.41) is 1.99. The van der Waals surface area contributed by atoms with Crippen molar-refractivity contribution in [1.82, 2.24) is 0 Å². The van der Waals surface area contributed by atoms with Gasteiger partial charge in [0.15, 0.2) is 0 Å². The number of ketones is 2. The molecule has 0 aromatic heterocycles. The van der Waals surface area contributed by atoms with E-state index in [9.17, 15) is 14.4 Å². The molecule has 0 saturated heterocycles. The van der Waals surface area contributed by atoms with Gasteiger partial charge in [-0.05, 0) is 28.0 Å². The number of hydrogen-bond acceptors (Lipinski definition) is 3. The molecule has 3 heteroatoms. The fraction of sp³-hybridized carbons (Fsp3) is 0.133. The van der Waals surface area contributed by atoms with Crippen LogP contribution in [0.1, 0.15) is 17.0 Å². The molecule has 1 atom stereocenters. The Morgan fingerprint density at radius 2 is 1.72 bits per heavy atom. The summed E-state index contributed by atoms with van der Waals surface area (Å²) in [6.45, 7) is 0. The molecular formula is C15H10O3. The molecule has 0 spiro atoms. The zero-order valence-electron chi connectivity index (χ0n) is 9.55. The number of carbonyl (C=O) groups is 3. The van der Waals surface area contributed by atoms with E-state index >= 15 is 0 Å². The van der Waals surface area contributed by atoms with Gasteiger partial charge in [0.1, 0.15) is 12.2 Å². The zero-order valence-corrected chi connectivity index (χ0v) is 9.55. The normalized spacial score (nSPS) is 18.8. The van der Waals surface area contributed by atoms with Gasteiger partial charge in [-0.2, -0.15) is 0 Å². The Kier molecular flexibility index (Phi) is 2.33. The van der Waals surface area contributed by atoms with Crippen LogP contribution < -0.4 is 0 Å². The van der Waals surface area contributed by atoms with Crippen molar-refractivity contribution in [1.29, 1.82) is 0 Å². The van der Waals surface area contributed by atoms with Gasteiger partial charge in [0.2, 0.25) is 11.6 Å². The summed E-state index contributed by atoms with van der Waals surface area (Å²) in [5.74, 6) is -1.99. The lowest BCUT2D eigenvalue weighted by Crippen LogP contribution is -2.30. The van der Waals surface area contributed by atoms with Crippen LogP contribution in [0.2, 0.25) is 0 Å². The van der Waals surface area contributed by atoms with Gasteiger partial charge >= 0.3 is 0 Å². The molecule has 0 heterocycles. The number of Topliss-reactive ketones (excluding diaryl/α,β-unsaturated/α-hetero) is 2. The van der Waals surface area contributed by atoms with Crippen LogP contribution in [0.4, 0.5) is 0 Å². The standard InChI is InChI=1S/C15H10O3/c16-8-13-12-6-10-4-2-1-3-9(10)5-11(12)7-14(17)15(13)18/h1-6,8,13H,7H2. The minimum Gasteiger partial charge on any atom is -0.302 e. The first kappa shape index (κ1) is 10.8. The second-order valence-corrected chi connectivity index (χ2v) is 4.48. The van der Waals surface area contributed by atoms with Crippen molar-refractivity contribution in [3.05, 3.63) is 47.5 Å². The fourth-order valence-corrected chi connectivity index (χ4v) is 2.46. The first-order valence-electron chi connectivity index (χ1n) is 5.74. The Labute approximate surface area is 103 Å². The molecule has 3 rings (SSSR count). The Morgan fingerprint density at radius 3 is 2.39 bits per heavy atom. The lowest BCUT2D eigenvalue weighted by molar-refractivity contribution is -0.138. The molecule has 0 fully saturated rings. The number of aldehydes is 1. The topological polar surface area (TPSA) is 51.2 Å². The van der Waals surface area contributed by atoms with Crippen molar-refractivity contribution in [2.24, 2.45) is 0 Å². The van der Waals surface area contributed by atoms with E-state index in [4.69, 9.17) is 0 Å². The van der Waals surface area contributed by atoms with Crippen molar-refractivity contribution >= 4 is 28.6 Å². The molecule has 1 unspecified atom stereocenters. The van der Waals surface area contributed by atoms with Gasteiger partial charge in [-0.25, -0.2) is 0 Å². The Morgan fingerprint density at radius 1 is 1.06 bits per heavy atom. The van der Waals surface area contributed by atoms with E-state index in [1.165, 1.54) is 0 Å². The van der Waals surface area contributed by atoms with Crippen molar-refractivity contribution in [3.63, 3.8) is 0 Å². The SMILES string of the molecule is O=CC1C(=O)C(=O)Cc2cc3ccccc3cc21. The summed E-state index contributed by atoms with van der Waals surface area (Å²) in [6.07, 6.45) is 0.663. The highest BCUT2D eigenvalue weighted by Crippen LogP contribution is 2.30. The number of rotatable bonds is 1. The summed E-state index contributed by atoms with van der Waals surface area (Å²) in [5.41, 5.74) is 1.46. The molecule has 2 aromatic rings. The Hall–Kier alpha value is -2.29. The van der Waals surface area contributed by atoms with Gasteiger partial charge in [-0.15, -0.1) is 0 Å². The van der Waals surface area contributed by atoms with Crippen molar-refractivity contribution in [2.45, 2.75) is 12.3 Å². The number of hydrogen-bond donors (Lipinski definition) is 0. The number of carbonyl (C=O) groups excluding carboxylic acids is 3. The molecule has 0 amide bonds. The van der Waals surface area contributed by atoms with Crippen molar-refractivity contribution in [2.75, 3.05) is 0 Å². The minimum absolute atomic E-state index is 0.101. The summed E-state index contributed by atoms with van der Waals surface area (Å²) in [7, 11) is 0. The lowest BCUT2D eigenvalue weighted by atomic mass is 9.80. The average Bonchev–Trinajstić information content (AvgIpc) is 2.38. The third-order valence-corrected chi connectivity index (χ3v) is 3.39. The van der Waals surface area contributed by atoms with Crippen LogP contribution in [0.25, 0.3) is 10.8 Å². The van der Waals surface area contributed by atoms with Crippen LogP contribution in [0.15, 0.2) is 36.4 Å². The largest absolute Gasteiger partial charge is 0.302 e. The van der Waals surface area contributed by atoms with Crippen LogP contribution in [-0.2, 0) is 20.8 Å². The molecular weight excluding hydrogens is 228 g/mol. The smallest absolute Gasteiger partial charge is 0.213 e. The highest BCUT2D eigenvalue weighted by molar-refractivity contribution is 6.43. The molecule has 3 nitrogen and oxygen atoms in total. The Bertz CT molecular complexity index is 685. The second kappa shape index (κ2) is 3.88. The second-order valence-electron chi connectivity index (χ2n) is 4.48. The molecule has 1 aliphatic carbocycles. The molecule has 0 bridgehead atoms. The predicted octanol–water partition coefficient (Wildman–Crippen LogP) is 1.82. The van der Waals surface area contributed by atoms with Crippen LogP contribution in [0.3, 0.4) is 0 Å². The van der Waals surface area contributed by atoms with E-state index in [0.717, 1.165) is 16.3 Å². The van der Waals surface area contributed by atoms with E-state index in [0.29, 0.717) is 11.8 Å². The average molecular weight is 238 g/mol. The predicted molar refractivity (Wildman–Crippen MR) is 66.5 cm³/mol. The molecule has 0 saturated carbocycles. The van der Waals surface area contributed by atoms with Gasteiger partial charge < -0.3 is 4.79 Å².